The van der Waals surface area contributed by atoms with Crippen LogP contribution < -0.4 is 4.74 Å². The van der Waals surface area contributed by atoms with Gasteiger partial charge >= 0.3 is 0 Å². The summed E-state index contributed by atoms with van der Waals surface area (Å²) >= 11 is 0. The van der Waals surface area contributed by atoms with Gasteiger partial charge in [0.05, 0.1) is 7.11 Å². The van der Waals surface area contributed by atoms with Crippen LogP contribution >= 0.6 is 0 Å². The van der Waals surface area contributed by atoms with Gasteiger partial charge in [0.25, 0.3) is 0 Å². The Bertz CT molecular complexity index is 297. The molecule has 3 heteroatoms. The van der Waals surface area contributed by atoms with Gasteiger partial charge in [0.1, 0.15) is 0 Å². The van der Waals surface area contributed by atoms with Gasteiger partial charge in [-0.05, 0) is 24.1 Å². The number of aryl methyl sites for hydroxylation is 1. The van der Waals surface area contributed by atoms with E-state index in [-0.39, 0.29) is 5.75 Å². The molecule has 0 saturated heterocycles. The Labute approximate surface area is 76.3 Å². The number of methoxy groups -OCH3 is 1. The molecule has 0 fully saturated rings. The predicted molar refractivity (Wildman–Crippen MR) is 46.9 cm³/mol. The smallest absolute Gasteiger partial charge is 0.200 e. The third-order valence-corrected chi connectivity index (χ3v) is 1.81. The molecular formula is C10H12F2O. The van der Waals surface area contributed by atoms with E-state index < -0.39 is 11.6 Å². The van der Waals surface area contributed by atoms with Crippen molar-refractivity contribution in [3.8, 4) is 5.75 Å². The quantitative estimate of drug-likeness (QED) is 0.705. The standard InChI is InChI=1S/C10H12F2O/c1-3-4-7-5-8(11)10(12)9(6-7)13-2/h5-6H,3-4H2,1-2H3. The minimum atomic E-state index is -0.914. The average Bonchev–Trinajstić information content (AvgIpc) is 2.11. The Hall–Kier alpha value is -1.12. The molecule has 0 amide bonds. The molecule has 0 radical (unpaired) electrons. The fraction of sp³-hybridized carbons (Fsp3) is 0.400. The van der Waals surface area contributed by atoms with E-state index in [4.69, 9.17) is 4.74 Å². The molecule has 0 aliphatic carbocycles. The number of halogens is 2. The van der Waals surface area contributed by atoms with Crippen molar-refractivity contribution in [2.75, 3.05) is 7.11 Å². The first-order valence-electron chi connectivity index (χ1n) is 4.21. The van der Waals surface area contributed by atoms with Crippen molar-refractivity contribution in [3.05, 3.63) is 29.3 Å². The molecule has 0 heterocycles. The van der Waals surface area contributed by atoms with Crippen molar-refractivity contribution in [2.24, 2.45) is 0 Å². The molecule has 0 aliphatic heterocycles. The van der Waals surface area contributed by atoms with E-state index >= 15 is 0 Å². The summed E-state index contributed by atoms with van der Waals surface area (Å²) in [6.45, 7) is 1.98. The Balaban J connectivity index is 3.06. The minimum Gasteiger partial charge on any atom is -0.494 e. The third kappa shape index (κ3) is 2.17. The Kier molecular flexibility index (Phi) is 3.23. The second kappa shape index (κ2) is 4.21. The lowest BCUT2D eigenvalue weighted by Gasteiger charge is -2.05. The van der Waals surface area contributed by atoms with Crippen molar-refractivity contribution in [1.82, 2.24) is 0 Å². The van der Waals surface area contributed by atoms with Crippen LogP contribution in [0.3, 0.4) is 0 Å². The molecule has 72 valence electrons. The Morgan fingerprint density at radius 2 is 2.00 bits per heavy atom. The maximum Gasteiger partial charge on any atom is 0.200 e. The monoisotopic (exact) mass is 186 g/mol. The van der Waals surface area contributed by atoms with E-state index in [1.165, 1.54) is 19.2 Å². The molecule has 0 atom stereocenters. The summed E-state index contributed by atoms with van der Waals surface area (Å²) in [5.74, 6) is -1.78. The summed E-state index contributed by atoms with van der Waals surface area (Å²) in [6, 6.07) is 2.74. The molecule has 1 aromatic carbocycles. The van der Waals surface area contributed by atoms with Gasteiger partial charge in [-0.1, -0.05) is 13.3 Å². The fourth-order valence-corrected chi connectivity index (χ4v) is 1.20. The van der Waals surface area contributed by atoms with Crippen LogP contribution in [0, 0.1) is 11.6 Å². The SMILES string of the molecule is CCCc1cc(F)c(F)c(OC)c1. The molecule has 0 saturated carbocycles. The molecule has 1 rings (SSSR count). The number of rotatable bonds is 3. The van der Waals surface area contributed by atoms with Crippen LogP contribution in [0.15, 0.2) is 12.1 Å². The number of benzene rings is 1. The van der Waals surface area contributed by atoms with Crippen LogP contribution in [0.2, 0.25) is 0 Å². The number of hydrogen-bond donors (Lipinski definition) is 0. The lowest BCUT2D eigenvalue weighted by molar-refractivity contribution is 0.371. The summed E-state index contributed by atoms with van der Waals surface area (Å²) in [5.41, 5.74) is 0.762. The second-order valence-electron chi connectivity index (χ2n) is 2.84. The lowest BCUT2D eigenvalue weighted by atomic mass is 10.1. The first-order chi connectivity index (χ1) is 6.19. The van der Waals surface area contributed by atoms with Gasteiger partial charge in [0.2, 0.25) is 5.82 Å². The molecule has 0 N–H and O–H groups in total. The van der Waals surface area contributed by atoms with Gasteiger partial charge in [-0.3, -0.25) is 0 Å². The number of ether oxygens (including phenoxy) is 1. The van der Waals surface area contributed by atoms with Gasteiger partial charge in [-0.15, -0.1) is 0 Å². The van der Waals surface area contributed by atoms with Gasteiger partial charge in [0.15, 0.2) is 11.6 Å². The van der Waals surface area contributed by atoms with Crippen molar-refractivity contribution >= 4 is 0 Å². The minimum absolute atomic E-state index is 0.0246. The topological polar surface area (TPSA) is 9.23 Å². The zero-order valence-electron chi connectivity index (χ0n) is 7.73. The zero-order valence-corrected chi connectivity index (χ0v) is 7.73. The molecule has 13 heavy (non-hydrogen) atoms. The first-order valence-corrected chi connectivity index (χ1v) is 4.21. The van der Waals surface area contributed by atoms with Crippen LogP contribution in [0.4, 0.5) is 8.78 Å². The summed E-state index contributed by atoms with van der Waals surface area (Å²) < 4.78 is 30.5. The molecule has 0 aliphatic rings. The highest BCUT2D eigenvalue weighted by molar-refractivity contribution is 5.31. The van der Waals surface area contributed by atoms with E-state index in [9.17, 15) is 8.78 Å². The summed E-state index contributed by atoms with van der Waals surface area (Å²) in [7, 11) is 1.33. The second-order valence-corrected chi connectivity index (χ2v) is 2.84. The van der Waals surface area contributed by atoms with Gasteiger partial charge in [-0.2, -0.15) is 4.39 Å². The highest BCUT2D eigenvalue weighted by atomic mass is 19.2. The average molecular weight is 186 g/mol. The Morgan fingerprint density at radius 1 is 1.31 bits per heavy atom. The highest BCUT2D eigenvalue weighted by Gasteiger charge is 2.10. The van der Waals surface area contributed by atoms with Crippen molar-refractivity contribution in [3.63, 3.8) is 0 Å². The normalized spacial score (nSPS) is 10.2. The van der Waals surface area contributed by atoms with E-state index in [0.29, 0.717) is 0 Å². The summed E-state index contributed by atoms with van der Waals surface area (Å²) in [6.07, 6.45) is 1.63. The number of hydrogen-bond acceptors (Lipinski definition) is 1. The van der Waals surface area contributed by atoms with E-state index in [1.54, 1.807) is 0 Å². The third-order valence-electron chi connectivity index (χ3n) is 1.81. The van der Waals surface area contributed by atoms with Crippen LogP contribution in [-0.2, 0) is 6.42 Å². The van der Waals surface area contributed by atoms with Crippen molar-refractivity contribution in [2.45, 2.75) is 19.8 Å². The molecule has 0 aromatic heterocycles. The van der Waals surface area contributed by atoms with Crippen molar-refractivity contribution < 1.29 is 13.5 Å². The summed E-state index contributed by atoms with van der Waals surface area (Å²) in [4.78, 5) is 0. The molecule has 0 unspecified atom stereocenters. The first kappa shape index (κ1) is 9.96. The molecule has 1 aromatic rings. The molecule has 1 nitrogen and oxygen atoms in total. The largest absolute Gasteiger partial charge is 0.494 e. The van der Waals surface area contributed by atoms with Crippen molar-refractivity contribution in [1.29, 1.82) is 0 Å². The van der Waals surface area contributed by atoms with Crippen LogP contribution in [-0.4, -0.2) is 7.11 Å². The fourth-order valence-electron chi connectivity index (χ4n) is 1.20. The van der Waals surface area contributed by atoms with E-state index in [2.05, 4.69) is 0 Å². The maximum absolute atomic E-state index is 12.9. The molecule has 0 bridgehead atoms. The Morgan fingerprint density at radius 3 is 2.54 bits per heavy atom. The van der Waals surface area contributed by atoms with Crippen LogP contribution in [0.5, 0.6) is 5.75 Å². The molecular weight excluding hydrogens is 174 g/mol. The summed E-state index contributed by atoms with van der Waals surface area (Å²) in [5, 5.41) is 0. The van der Waals surface area contributed by atoms with Gasteiger partial charge in [-0.25, -0.2) is 4.39 Å². The van der Waals surface area contributed by atoms with Crippen LogP contribution in [0.1, 0.15) is 18.9 Å². The highest BCUT2D eigenvalue weighted by Crippen LogP contribution is 2.22. The van der Waals surface area contributed by atoms with E-state index in [1.807, 2.05) is 6.92 Å². The van der Waals surface area contributed by atoms with Crippen LogP contribution in [0.25, 0.3) is 0 Å². The lowest BCUT2D eigenvalue weighted by Crippen LogP contribution is -1.95. The zero-order chi connectivity index (χ0) is 9.84. The van der Waals surface area contributed by atoms with Gasteiger partial charge < -0.3 is 4.74 Å². The maximum atomic E-state index is 12.9. The predicted octanol–water partition coefficient (Wildman–Crippen LogP) is 2.93. The molecule has 0 spiro atoms. The van der Waals surface area contributed by atoms with E-state index in [0.717, 1.165) is 18.4 Å². The van der Waals surface area contributed by atoms with Gasteiger partial charge in [0, 0.05) is 0 Å².